The van der Waals surface area contributed by atoms with Crippen molar-refractivity contribution in [3.63, 3.8) is 0 Å². The highest BCUT2D eigenvalue weighted by Crippen LogP contribution is 2.37. The van der Waals surface area contributed by atoms with E-state index < -0.39 is 24.0 Å². The minimum atomic E-state index is -1.05. The average molecular weight is 338 g/mol. The Hall–Kier alpha value is -1.79. The van der Waals surface area contributed by atoms with Gasteiger partial charge in [0.15, 0.2) is 0 Å². The Balaban J connectivity index is 2.28. The van der Waals surface area contributed by atoms with E-state index in [1.165, 1.54) is 7.11 Å². The van der Waals surface area contributed by atoms with Crippen molar-refractivity contribution in [3.05, 3.63) is 23.3 Å². The first-order valence-corrected chi connectivity index (χ1v) is 8.25. The maximum Gasteiger partial charge on any atom is 0.345 e. The predicted molar refractivity (Wildman–Crippen MR) is 88.4 cm³/mol. The van der Waals surface area contributed by atoms with E-state index in [0.29, 0.717) is 29.0 Å². The van der Waals surface area contributed by atoms with Crippen LogP contribution in [0.25, 0.3) is 0 Å². The van der Waals surface area contributed by atoms with Gasteiger partial charge in [0, 0.05) is 19.9 Å². The summed E-state index contributed by atoms with van der Waals surface area (Å²) < 4.78 is 16.3. The minimum absolute atomic E-state index is 0.208. The third-order valence-electron chi connectivity index (χ3n) is 3.91. The monoisotopic (exact) mass is 338 g/mol. The minimum Gasteiger partial charge on any atom is -0.497 e. The Morgan fingerprint density at radius 1 is 1.21 bits per heavy atom. The van der Waals surface area contributed by atoms with Gasteiger partial charge in [-0.2, -0.15) is 0 Å². The standard InChI is InChI=1S/C18H26O6/c1-5-6-12(19)9-13(20)7-11-8-14(22-4)10-15-16(11)17(21)24-18(2,3)23-15/h8,10,12-13,19-20H,5-7,9H2,1-4H3/t12-,13-/m0/s1. The molecule has 2 atom stereocenters. The molecule has 0 radical (unpaired) electrons. The molecule has 24 heavy (non-hydrogen) atoms. The number of aliphatic hydroxyl groups is 2. The van der Waals surface area contributed by atoms with Gasteiger partial charge in [0.05, 0.1) is 19.3 Å². The van der Waals surface area contributed by atoms with Crippen LogP contribution in [0.1, 0.15) is 56.0 Å². The zero-order chi connectivity index (χ0) is 17.9. The van der Waals surface area contributed by atoms with Crippen LogP contribution in [0.5, 0.6) is 11.5 Å². The van der Waals surface area contributed by atoms with Gasteiger partial charge < -0.3 is 24.4 Å². The Bertz CT molecular complexity index is 595. The Labute approximate surface area is 142 Å². The molecule has 6 heteroatoms. The SMILES string of the molecule is CCC[C@H](O)C[C@@H](O)Cc1cc(OC)cc2c1C(=O)OC(C)(C)O2. The molecule has 2 N–H and O–H groups in total. The third-order valence-corrected chi connectivity index (χ3v) is 3.91. The van der Waals surface area contributed by atoms with Crippen LogP contribution in [-0.4, -0.2) is 41.3 Å². The first kappa shape index (κ1) is 18.5. The van der Waals surface area contributed by atoms with Crippen molar-refractivity contribution in [2.45, 2.75) is 64.4 Å². The number of esters is 1. The topological polar surface area (TPSA) is 85.2 Å². The molecule has 0 aromatic heterocycles. The summed E-state index contributed by atoms with van der Waals surface area (Å²) in [5.74, 6) is -0.619. The van der Waals surface area contributed by atoms with Crippen molar-refractivity contribution in [2.75, 3.05) is 7.11 Å². The summed E-state index contributed by atoms with van der Waals surface area (Å²) in [7, 11) is 1.53. The van der Waals surface area contributed by atoms with Crippen LogP contribution in [0.15, 0.2) is 12.1 Å². The summed E-state index contributed by atoms with van der Waals surface area (Å²) in [4.78, 5) is 12.4. The summed E-state index contributed by atoms with van der Waals surface area (Å²) in [6.07, 6.45) is 0.601. The lowest BCUT2D eigenvalue weighted by Crippen LogP contribution is -2.39. The normalized spacial score (nSPS) is 18.2. The molecule has 1 heterocycles. The van der Waals surface area contributed by atoms with Crippen molar-refractivity contribution >= 4 is 5.97 Å². The molecule has 0 unspecified atom stereocenters. The zero-order valence-electron chi connectivity index (χ0n) is 14.7. The van der Waals surface area contributed by atoms with Gasteiger partial charge in [0.1, 0.15) is 17.1 Å². The molecule has 1 aliphatic rings. The van der Waals surface area contributed by atoms with Crippen LogP contribution in [0.3, 0.4) is 0 Å². The van der Waals surface area contributed by atoms with Gasteiger partial charge in [-0.25, -0.2) is 4.79 Å². The Kier molecular flexibility index (Phi) is 5.72. The molecule has 0 saturated heterocycles. The summed E-state index contributed by atoms with van der Waals surface area (Å²) in [5, 5.41) is 20.1. The van der Waals surface area contributed by atoms with Gasteiger partial charge in [-0.3, -0.25) is 0 Å². The highest BCUT2D eigenvalue weighted by Gasteiger charge is 2.36. The average Bonchev–Trinajstić information content (AvgIpc) is 2.44. The number of ether oxygens (including phenoxy) is 3. The van der Waals surface area contributed by atoms with Crippen LogP contribution in [0.2, 0.25) is 0 Å². The van der Waals surface area contributed by atoms with Crippen molar-refractivity contribution in [1.29, 1.82) is 0 Å². The number of rotatable bonds is 7. The van der Waals surface area contributed by atoms with Gasteiger partial charge in [-0.1, -0.05) is 13.3 Å². The van der Waals surface area contributed by atoms with E-state index >= 15 is 0 Å². The lowest BCUT2D eigenvalue weighted by atomic mass is 9.96. The Morgan fingerprint density at radius 2 is 1.92 bits per heavy atom. The molecule has 1 aromatic carbocycles. The van der Waals surface area contributed by atoms with Gasteiger partial charge in [0.25, 0.3) is 0 Å². The molecule has 1 aliphatic heterocycles. The van der Waals surface area contributed by atoms with Crippen LogP contribution in [-0.2, 0) is 11.2 Å². The second kappa shape index (κ2) is 7.40. The molecule has 134 valence electrons. The molecule has 0 aliphatic carbocycles. The molecule has 0 bridgehead atoms. The lowest BCUT2D eigenvalue weighted by molar-refractivity contribution is -0.127. The molecule has 2 rings (SSSR count). The maximum absolute atomic E-state index is 12.4. The van der Waals surface area contributed by atoms with Crippen molar-refractivity contribution < 1.29 is 29.2 Å². The molecule has 1 aromatic rings. The number of methoxy groups -OCH3 is 1. The summed E-state index contributed by atoms with van der Waals surface area (Å²) in [6.45, 7) is 5.29. The third kappa shape index (κ3) is 4.39. The van der Waals surface area contributed by atoms with Gasteiger partial charge in [-0.15, -0.1) is 0 Å². The predicted octanol–water partition coefficient (Wildman–Crippen LogP) is 2.44. The number of benzene rings is 1. The number of carbonyl (C=O) groups is 1. The van der Waals surface area contributed by atoms with Crippen LogP contribution in [0.4, 0.5) is 0 Å². The molecular weight excluding hydrogens is 312 g/mol. The molecule has 0 spiro atoms. The number of cyclic esters (lactones) is 1. The Morgan fingerprint density at radius 3 is 2.54 bits per heavy atom. The van der Waals surface area contributed by atoms with E-state index in [1.54, 1.807) is 26.0 Å². The first-order valence-electron chi connectivity index (χ1n) is 8.25. The van der Waals surface area contributed by atoms with Crippen molar-refractivity contribution in [2.24, 2.45) is 0 Å². The van der Waals surface area contributed by atoms with Crippen LogP contribution >= 0.6 is 0 Å². The highest BCUT2D eigenvalue weighted by atomic mass is 16.7. The van der Waals surface area contributed by atoms with Crippen molar-refractivity contribution in [1.82, 2.24) is 0 Å². The number of hydrogen-bond donors (Lipinski definition) is 2. The molecule has 0 fully saturated rings. The van der Waals surface area contributed by atoms with E-state index in [4.69, 9.17) is 14.2 Å². The molecule has 6 nitrogen and oxygen atoms in total. The number of hydrogen-bond acceptors (Lipinski definition) is 6. The fraction of sp³-hybridized carbons (Fsp3) is 0.611. The van der Waals surface area contributed by atoms with Crippen LogP contribution < -0.4 is 9.47 Å². The number of fused-ring (bicyclic) bond motifs is 1. The second-order valence-corrected chi connectivity index (χ2v) is 6.59. The molecular formula is C18H26O6. The number of aliphatic hydroxyl groups excluding tert-OH is 2. The lowest BCUT2D eigenvalue weighted by Gasteiger charge is -2.33. The maximum atomic E-state index is 12.4. The fourth-order valence-corrected chi connectivity index (χ4v) is 2.90. The quantitative estimate of drug-likeness (QED) is 0.743. The highest BCUT2D eigenvalue weighted by molar-refractivity contribution is 5.95. The van der Waals surface area contributed by atoms with E-state index in [1.807, 2.05) is 6.92 Å². The zero-order valence-corrected chi connectivity index (χ0v) is 14.7. The van der Waals surface area contributed by atoms with Gasteiger partial charge in [-0.05, 0) is 30.9 Å². The van der Waals surface area contributed by atoms with Gasteiger partial charge in [0.2, 0.25) is 5.79 Å². The summed E-state index contributed by atoms with van der Waals surface area (Å²) in [5.41, 5.74) is 0.889. The summed E-state index contributed by atoms with van der Waals surface area (Å²) in [6, 6.07) is 3.33. The second-order valence-electron chi connectivity index (χ2n) is 6.59. The van der Waals surface area contributed by atoms with E-state index in [9.17, 15) is 15.0 Å². The first-order chi connectivity index (χ1) is 11.3. The summed E-state index contributed by atoms with van der Waals surface area (Å²) >= 11 is 0. The van der Waals surface area contributed by atoms with Gasteiger partial charge >= 0.3 is 5.97 Å². The van der Waals surface area contributed by atoms with E-state index in [0.717, 1.165) is 6.42 Å². The van der Waals surface area contributed by atoms with E-state index in [-0.39, 0.29) is 12.8 Å². The van der Waals surface area contributed by atoms with E-state index in [2.05, 4.69) is 0 Å². The van der Waals surface area contributed by atoms with Crippen molar-refractivity contribution in [3.8, 4) is 11.5 Å². The van der Waals surface area contributed by atoms with Crippen LogP contribution in [0, 0.1) is 0 Å². The molecule has 0 saturated carbocycles. The number of carbonyl (C=O) groups excluding carboxylic acids is 1. The smallest absolute Gasteiger partial charge is 0.345 e. The fourth-order valence-electron chi connectivity index (χ4n) is 2.90. The molecule has 0 amide bonds. The largest absolute Gasteiger partial charge is 0.497 e.